The quantitative estimate of drug-likeness (QED) is 0.0449. The molecule has 3 atom stereocenters. The monoisotopic (exact) mass is 751 g/mol. The van der Waals surface area contributed by atoms with Gasteiger partial charge in [0, 0.05) is 81.9 Å². The van der Waals surface area contributed by atoms with E-state index in [-0.39, 0.29) is 41.8 Å². The van der Waals surface area contributed by atoms with E-state index in [9.17, 15) is 24.8 Å². The van der Waals surface area contributed by atoms with Crippen LogP contribution >= 0.6 is 0 Å². The summed E-state index contributed by atoms with van der Waals surface area (Å²) in [5.41, 5.74) is 8.47. The summed E-state index contributed by atoms with van der Waals surface area (Å²) in [6, 6.07) is 30.7. The molecule has 4 aromatic rings. The number of nitrogens with one attached hydrogen (secondary N) is 2. The van der Waals surface area contributed by atoms with E-state index in [0.717, 1.165) is 78.2 Å². The van der Waals surface area contributed by atoms with Crippen molar-refractivity contribution in [3.8, 4) is 11.1 Å². The number of amides is 2. The standard InChI is InChI=1S/C42H49N5O8/c48-29-30-10-12-32(13-11-30)39-26-37(28-45-22-24-46(25-23-45)35-18-20-36(21-19-35)47(52)53)54-42(55-39)33-16-14-31(15-17-33)38-7-5-4-6-34(38)27-43-40(49)8-2-1-3-9-41(50)44-51/h4-7,10-21,37,39,42,48,51H,1-3,8-9,22-29H2,(H,43,49)(H,44,50)/t37-,39+,42+/m0/s1. The van der Waals surface area contributed by atoms with Gasteiger partial charge in [-0.1, -0.05) is 79.2 Å². The number of non-ortho nitro benzene ring substituents is 1. The van der Waals surface area contributed by atoms with Gasteiger partial charge >= 0.3 is 0 Å². The first-order chi connectivity index (χ1) is 26.8. The smallest absolute Gasteiger partial charge is 0.269 e. The Morgan fingerprint density at radius 2 is 1.47 bits per heavy atom. The average Bonchev–Trinajstić information content (AvgIpc) is 3.23. The number of carbonyl (C=O) groups excluding carboxylic acids is 2. The molecule has 0 aromatic heterocycles. The number of hydroxylamine groups is 1. The first kappa shape index (κ1) is 39.5. The van der Waals surface area contributed by atoms with Crippen LogP contribution in [0.5, 0.6) is 0 Å². The highest BCUT2D eigenvalue weighted by Gasteiger charge is 2.34. The van der Waals surface area contributed by atoms with Gasteiger partial charge in [0.2, 0.25) is 11.8 Å². The van der Waals surface area contributed by atoms with Gasteiger partial charge in [-0.25, -0.2) is 5.48 Å². The molecule has 0 unspecified atom stereocenters. The number of nitro benzene ring substituents is 1. The number of piperazine rings is 1. The van der Waals surface area contributed by atoms with E-state index in [1.807, 2.05) is 72.8 Å². The molecule has 4 N–H and O–H groups in total. The molecule has 13 nitrogen and oxygen atoms in total. The maximum Gasteiger partial charge on any atom is 0.269 e. The van der Waals surface area contributed by atoms with Gasteiger partial charge in [0.1, 0.15) is 0 Å². The third kappa shape index (κ3) is 11.0. The highest BCUT2D eigenvalue weighted by atomic mass is 16.7. The van der Waals surface area contributed by atoms with Crippen LogP contribution in [-0.4, -0.2) is 70.8 Å². The van der Waals surface area contributed by atoms with E-state index < -0.39 is 12.2 Å². The molecule has 290 valence electrons. The van der Waals surface area contributed by atoms with Crippen molar-refractivity contribution in [2.75, 3.05) is 37.6 Å². The molecule has 0 saturated carbocycles. The van der Waals surface area contributed by atoms with E-state index in [0.29, 0.717) is 32.2 Å². The van der Waals surface area contributed by atoms with Crippen molar-refractivity contribution < 1.29 is 34.3 Å². The minimum absolute atomic E-state index is 0.0249. The van der Waals surface area contributed by atoms with Crippen LogP contribution in [0.2, 0.25) is 0 Å². The predicted octanol–water partition coefficient (Wildman–Crippen LogP) is 6.19. The predicted molar refractivity (Wildman–Crippen MR) is 207 cm³/mol. The lowest BCUT2D eigenvalue weighted by Gasteiger charge is -2.41. The molecule has 2 fully saturated rings. The Labute approximate surface area is 321 Å². The van der Waals surface area contributed by atoms with E-state index >= 15 is 0 Å². The second kappa shape index (κ2) is 19.4. The summed E-state index contributed by atoms with van der Waals surface area (Å²) in [5.74, 6) is -0.471. The van der Waals surface area contributed by atoms with Crippen molar-refractivity contribution in [3.63, 3.8) is 0 Å². The minimum Gasteiger partial charge on any atom is -0.392 e. The fraction of sp³-hybridized carbons (Fsp3) is 0.381. The Morgan fingerprint density at radius 3 is 2.15 bits per heavy atom. The molecule has 2 aliphatic rings. The topological polar surface area (TPSA) is 167 Å². The summed E-state index contributed by atoms with van der Waals surface area (Å²) < 4.78 is 13.3. The van der Waals surface area contributed by atoms with Crippen LogP contribution < -0.4 is 15.7 Å². The van der Waals surface area contributed by atoms with Crippen molar-refractivity contribution in [2.45, 2.75) is 70.2 Å². The van der Waals surface area contributed by atoms with E-state index in [1.165, 1.54) is 0 Å². The fourth-order valence-electron chi connectivity index (χ4n) is 7.16. The van der Waals surface area contributed by atoms with Crippen molar-refractivity contribution in [3.05, 3.63) is 129 Å². The van der Waals surface area contributed by atoms with Gasteiger partial charge in [-0.15, -0.1) is 0 Å². The lowest BCUT2D eigenvalue weighted by atomic mass is 9.97. The third-order valence-corrected chi connectivity index (χ3v) is 10.3. The van der Waals surface area contributed by atoms with Crippen LogP contribution in [0.25, 0.3) is 11.1 Å². The second-order valence-corrected chi connectivity index (χ2v) is 14.1. The zero-order valence-electron chi connectivity index (χ0n) is 30.8. The van der Waals surface area contributed by atoms with Crippen LogP contribution in [-0.2, 0) is 32.2 Å². The lowest BCUT2D eigenvalue weighted by Crippen LogP contribution is -2.49. The van der Waals surface area contributed by atoms with Crippen LogP contribution in [0.1, 0.15) is 73.2 Å². The maximum atomic E-state index is 12.6. The number of carbonyl (C=O) groups is 2. The molecule has 0 aliphatic carbocycles. The number of unbranched alkanes of at least 4 members (excludes halogenated alkanes) is 2. The summed E-state index contributed by atoms with van der Waals surface area (Å²) in [7, 11) is 0. The molecule has 0 bridgehead atoms. The Morgan fingerprint density at radius 1 is 0.800 bits per heavy atom. The van der Waals surface area contributed by atoms with E-state index in [4.69, 9.17) is 14.7 Å². The van der Waals surface area contributed by atoms with Crippen molar-refractivity contribution in [2.24, 2.45) is 0 Å². The van der Waals surface area contributed by atoms with Crippen LogP contribution in [0.4, 0.5) is 11.4 Å². The summed E-state index contributed by atoms with van der Waals surface area (Å²) in [5, 5.41) is 32.3. The van der Waals surface area contributed by atoms with Gasteiger partial charge in [0.15, 0.2) is 6.29 Å². The molecular weight excluding hydrogens is 702 g/mol. The fourth-order valence-corrected chi connectivity index (χ4v) is 7.16. The van der Waals surface area contributed by atoms with Crippen LogP contribution in [0.3, 0.4) is 0 Å². The second-order valence-electron chi connectivity index (χ2n) is 14.1. The van der Waals surface area contributed by atoms with Crippen LogP contribution in [0.15, 0.2) is 97.1 Å². The van der Waals surface area contributed by atoms with Gasteiger partial charge in [-0.05, 0) is 52.8 Å². The zero-order chi connectivity index (χ0) is 38.6. The molecule has 2 saturated heterocycles. The van der Waals surface area contributed by atoms with Gasteiger partial charge in [0.05, 0.1) is 23.7 Å². The van der Waals surface area contributed by atoms with E-state index in [1.54, 1.807) is 17.6 Å². The highest BCUT2D eigenvalue weighted by Crippen LogP contribution is 2.39. The van der Waals surface area contributed by atoms with Gasteiger partial charge in [0.25, 0.3) is 5.69 Å². The number of hydrogen-bond donors (Lipinski definition) is 4. The number of ether oxygens (including phenoxy) is 2. The van der Waals surface area contributed by atoms with Gasteiger partial charge < -0.3 is 24.8 Å². The molecule has 0 spiro atoms. The number of aliphatic hydroxyl groups excluding tert-OH is 1. The number of hydrogen-bond acceptors (Lipinski definition) is 10. The first-order valence-electron chi connectivity index (χ1n) is 18.9. The number of benzene rings is 4. The molecule has 2 amide bonds. The molecule has 2 heterocycles. The Hall–Kier alpha value is -5.18. The molecule has 13 heteroatoms. The molecule has 4 aromatic carbocycles. The molecule has 2 aliphatic heterocycles. The minimum atomic E-state index is -0.593. The molecule has 55 heavy (non-hydrogen) atoms. The number of rotatable bonds is 16. The third-order valence-electron chi connectivity index (χ3n) is 10.3. The summed E-state index contributed by atoms with van der Waals surface area (Å²) in [4.78, 5) is 39.1. The Kier molecular flexibility index (Phi) is 14.0. The Balaban J connectivity index is 1.09. The first-order valence-corrected chi connectivity index (χ1v) is 18.9. The number of nitrogens with zero attached hydrogens (tertiary/aromatic N) is 3. The Bertz CT molecular complexity index is 1860. The zero-order valence-corrected chi connectivity index (χ0v) is 30.8. The largest absolute Gasteiger partial charge is 0.392 e. The van der Waals surface area contributed by atoms with Gasteiger partial charge in [-0.2, -0.15) is 0 Å². The van der Waals surface area contributed by atoms with E-state index in [2.05, 4.69) is 27.2 Å². The number of nitro groups is 1. The normalized spacial score (nSPS) is 18.8. The maximum absolute atomic E-state index is 12.6. The molecule has 0 radical (unpaired) electrons. The van der Waals surface area contributed by atoms with Crippen LogP contribution in [0, 0.1) is 10.1 Å². The summed E-state index contributed by atoms with van der Waals surface area (Å²) in [6.07, 6.45) is 2.37. The number of aliphatic hydroxyl groups is 1. The van der Waals surface area contributed by atoms with Crippen molar-refractivity contribution >= 4 is 23.2 Å². The average molecular weight is 752 g/mol. The lowest BCUT2D eigenvalue weighted by molar-refractivity contribution is -0.384. The van der Waals surface area contributed by atoms with Crippen molar-refractivity contribution in [1.82, 2.24) is 15.7 Å². The molecular formula is C42H49N5O8. The highest BCUT2D eigenvalue weighted by molar-refractivity contribution is 5.77. The SMILES string of the molecule is O=C(CCCCCC(=O)NCc1ccccc1-c1ccc([C@@H]2O[C@H](CN3CCN(c4ccc([N+](=O)[O-])cc4)CC3)C[C@H](c3ccc(CO)cc3)O2)cc1)NO. The van der Waals surface area contributed by atoms with Gasteiger partial charge in [-0.3, -0.25) is 29.8 Å². The molecule has 6 rings (SSSR count). The summed E-state index contributed by atoms with van der Waals surface area (Å²) in [6.45, 7) is 4.36. The summed E-state index contributed by atoms with van der Waals surface area (Å²) >= 11 is 0. The van der Waals surface area contributed by atoms with Crippen molar-refractivity contribution in [1.29, 1.82) is 0 Å². The number of anilines is 1.